The lowest BCUT2D eigenvalue weighted by Crippen LogP contribution is -2.27. The lowest BCUT2D eigenvalue weighted by Gasteiger charge is -2.29. The number of hydrogen-bond acceptors (Lipinski definition) is 3. The van der Waals surface area contributed by atoms with Gasteiger partial charge in [-0.05, 0) is 31.4 Å². The molecule has 2 N–H and O–H groups in total. The van der Waals surface area contributed by atoms with Crippen LogP contribution in [0.25, 0.3) is 0 Å². The van der Waals surface area contributed by atoms with E-state index in [9.17, 15) is 8.42 Å². The molecule has 0 amide bonds. The largest absolute Gasteiger partial charge is 0.381 e. The molecule has 0 radical (unpaired) electrons. The molecule has 5 heteroatoms. The molecule has 1 unspecified atom stereocenters. The van der Waals surface area contributed by atoms with Gasteiger partial charge in [0.1, 0.15) is 4.90 Å². The van der Waals surface area contributed by atoms with Crippen molar-refractivity contribution in [3.8, 4) is 0 Å². The van der Waals surface area contributed by atoms with Gasteiger partial charge in [-0.2, -0.15) is 0 Å². The van der Waals surface area contributed by atoms with Crippen molar-refractivity contribution < 1.29 is 8.42 Å². The number of sulfonamides is 1. The molecule has 0 spiro atoms. The van der Waals surface area contributed by atoms with E-state index >= 15 is 0 Å². The summed E-state index contributed by atoms with van der Waals surface area (Å²) >= 11 is 0. The molecule has 1 atom stereocenters. The van der Waals surface area contributed by atoms with Gasteiger partial charge in [0.2, 0.25) is 10.0 Å². The van der Waals surface area contributed by atoms with E-state index in [0.29, 0.717) is 23.2 Å². The molecule has 112 valence electrons. The van der Waals surface area contributed by atoms with Gasteiger partial charge in [-0.25, -0.2) is 13.1 Å². The fourth-order valence-corrected chi connectivity index (χ4v) is 3.85. The molecule has 0 aromatic heterocycles. The molecule has 4 nitrogen and oxygen atoms in total. The summed E-state index contributed by atoms with van der Waals surface area (Å²) in [6, 6.07) is 7.39. The summed E-state index contributed by atoms with van der Waals surface area (Å²) in [7, 11) is -3.42. The number of anilines is 1. The smallest absolute Gasteiger partial charge is 0.242 e. The Morgan fingerprint density at radius 1 is 1.30 bits per heavy atom. The summed E-state index contributed by atoms with van der Waals surface area (Å²) in [5.74, 6) is 0.801. The fraction of sp³-hybridized carbons (Fsp3) is 0.600. The van der Waals surface area contributed by atoms with Crippen LogP contribution in [0.4, 0.5) is 5.69 Å². The van der Waals surface area contributed by atoms with Gasteiger partial charge in [0.15, 0.2) is 0 Å². The van der Waals surface area contributed by atoms with Crippen molar-refractivity contribution in [2.45, 2.75) is 50.5 Å². The summed E-state index contributed by atoms with van der Waals surface area (Å²) in [4.78, 5) is 0.335. The second-order valence-corrected chi connectivity index (χ2v) is 7.31. The molecule has 1 aliphatic carbocycles. The van der Waals surface area contributed by atoms with E-state index < -0.39 is 10.0 Å². The normalized spacial score (nSPS) is 17.5. The van der Waals surface area contributed by atoms with Crippen LogP contribution in [0.1, 0.15) is 39.5 Å². The van der Waals surface area contributed by atoms with E-state index in [-0.39, 0.29) is 0 Å². The molecule has 0 bridgehead atoms. The van der Waals surface area contributed by atoms with Crippen LogP contribution < -0.4 is 10.0 Å². The predicted molar refractivity (Wildman–Crippen MR) is 82.3 cm³/mol. The Bertz CT molecular complexity index is 539. The maximum absolute atomic E-state index is 12.2. The molecule has 1 aliphatic rings. The summed E-state index contributed by atoms with van der Waals surface area (Å²) < 4.78 is 26.9. The Labute approximate surface area is 122 Å². The Kier molecular flexibility index (Phi) is 5.05. The zero-order valence-corrected chi connectivity index (χ0v) is 13.0. The standard InChI is InChI=1S/C15H24N2O2S/c1-3-16-20(18,19)15-10-5-4-9-14(15)17-12(2)11-13-7-6-8-13/h4-5,9-10,12-13,16-17H,3,6-8,11H2,1-2H3. The Morgan fingerprint density at radius 2 is 2.00 bits per heavy atom. The Balaban J connectivity index is 2.11. The van der Waals surface area contributed by atoms with Crippen LogP contribution in [0.15, 0.2) is 29.2 Å². The second kappa shape index (κ2) is 6.59. The third-order valence-electron chi connectivity index (χ3n) is 3.82. The van der Waals surface area contributed by atoms with Crippen molar-refractivity contribution in [3.63, 3.8) is 0 Å². The van der Waals surface area contributed by atoms with Crippen molar-refractivity contribution in [1.29, 1.82) is 0 Å². The van der Waals surface area contributed by atoms with E-state index in [0.717, 1.165) is 12.3 Å². The van der Waals surface area contributed by atoms with E-state index in [4.69, 9.17) is 0 Å². The number of benzene rings is 1. The van der Waals surface area contributed by atoms with Crippen LogP contribution in [0.2, 0.25) is 0 Å². The monoisotopic (exact) mass is 296 g/mol. The van der Waals surface area contributed by atoms with Crippen molar-refractivity contribution >= 4 is 15.7 Å². The second-order valence-electron chi connectivity index (χ2n) is 5.58. The number of para-hydroxylation sites is 1. The first kappa shape index (κ1) is 15.3. The number of rotatable bonds is 7. The lowest BCUT2D eigenvalue weighted by molar-refractivity contribution is 0.285. The quantitative estimate of drug-likeness (QED) is 0.813. The van der Waals surface area contributed by atoms with Crippen LogP contribution in [0.3, 0.4) is 0 Å². The Morgan fingerprint density at radius 3 is 2.60 bits per heavy atom. The number of nitrogens with one attached hydrogen (secondary N) is 2. The molecule has 0 saturated heterocycles. The molecular formula is C15H24N2O2S. The zero-order valence-electron chi connectivity index (χ0n) is 12.2. The molecule has 1 aromatic carbocycles. The topological polar surface area (TPSA) is 58.2 Å². The number of hydrogen-bond donors (Lipinski definition) is 2. The van der Waals surface area contributed by atoms with Gasteiger partial charge >= 0.3 is 0 Å². The van der Waals surface area contributed by atoms with Gasteiger partial charge in [-0.3, -0.25) is 0 Å². The van der Waals surface area contributed by atoms with E-state index in [1.165, 1.54) is 19.3 Å². The summed E-state index contributed by atoms with van der Waals surface area (Å²) in [5.41, 5.74) is 0.695. The predicted octanol–water partition coefficient (Wildman–Crippen LogP) is 2.98. The van der Waals surface area contributed by atoms with Gasteiger partial charge in [0.05, 0.1) is 5.69 Å². The third kappa shape index (κ3) is 3.73. The lowest BCUT2D eigenvalue weighted by atomic mass is 9.81. The van der Waals surface area contributed by atoms with Crippen molar-refractivity contribution in [2.75, 3.05) is 11.9 Å². The minimum atomic E-state index is -3.42. The molecule has 20 heavy (non-hydrogen) atoms. The molecule has 0 heterocycles. The summed E-state index contributed by atoms with van der Waals surface area (Å²) in [5, 5.41) is 3.35. The SMILES string of the molecule is CCNS(=O)(=O)c1ccccc1NC(C)CC1CCC1. The fourth-order valence-electron chi connectivity index (χ4n) is 2.64. The average molecular weight is 296 g/mol. The van der Waals surface area contributed by atoms with E-state index in [1.807, 2.05) is 12.1 Å². The van der Waals surface area contributed by atoms with Gasteiger partial charge in [0.25, 0.3) is 0 Å². The van der Waals surface area contributed by atoms with Gasteiger partial charge < -0.3 is 5.32 Å². The van der Waals surface area contributed by atoms with Crippen LogP contribution in [0.5, 0.6) is 0 Å². The summed E-state index contributed by atoms with van der Waals surface area (Å²) in [6.07, 6.45) is 5.06. The highest BCUT2D eigenvalue weighted by molar-refractivity contribution is 7.89. The molecule has 1 saturated carbocycles. The highest BCUT2D eigenvalue weighted by Gasteiger charge is 2.22. The first-order valence-corrected chi connectivity index (χ1v) is 8.86. The molecular weight excluding hydrogens is 272 g/mol. The van der Waals surface area contributed by atoms with Crippen LogP contribution in [0, 0.1) is 5.92 Å². The molecule has 2 rings (SSSR count). The molecule has 0 aliphatic heterocycles. The Hall–Kier alpha value is -1.07. The third-order valence-corrected chi connectivity index (χ3v) is 5.43. The first-order valence-electron chi connectivity index (χ1n) is 7.38. The molecule has 1 fully saturated rings. The summed E-state index contributed by atoms with van der Waals surface area (Å²) in [6.45, 7) is 4.30. The maximum Gasteiger partial charge on any atom is 0.242 e. The average Bonchev–Trinajstić information content (AvgIpc) is 2.34. The van der Waals surface area contributed by atoms with Crippen molar-refractivity contribution in [1.82, 2.24) is 4.72 Å². The first-order chi connectivity index (χ1) is 9.53. The highest BCUT2D eigenvalue weighted by Crippen LogP contribution is 2.31. The van der Waals surface area contributed by atoms with Gasteiger partial charge in [-0.15, -0.1) is 0 Å². The van der Waals surface area contributed by atoms with Crippen molar-refractivity contribution in [3.05, 3.63) is 24.3 Å². The van der Waals surface area contributed by atoms with Gasteiger partial charge in [-0.1, -0.05) is 38.3 Å². The van der Waals surface area contributed by atoms with Gasteiger partial charge in [0, 0.05) is 12.6 Å². The van der Waals surface area contributed by atoms with Crippen LogP contribution in [-0.4, -0.2) is 21.0 Å². The van der Waals surface area contributed by atoms with Crippen LogP contribution in [-0.2, 0) is 10.0 Å². The highest BCUT2D eigenvalue weighted by atomic mass is 32.2. The molecule has 1 aromatic rings. The van der Waals surface area contributed by atoms with Crippen LogP contribution >= 0.6 is 0 Å². The minimum Gasteiger partial charge on any atom is -0.381 e. The zero-order chi connectivity index (χ0) is 14.6. The van der Waals surface area contributed by atoms with Crippen molar-refractivity contribution in [2.24, 2.45) is 5.92 Å². The maximum atomic E-state index is 12.2. The van der Waals surface area contributed by atoms with E-state index in [2.05, 4.69) is 17.0 Å². The van der Waals surface area contributed by atoms with E-state index in [1.54, 1.807) is 19.1 Å². The minimum absolute atomic E-state index is 0.290.